The monoisotopic (exact) mass is 312 g/mol. The van der Waals surface area contributed by atoms with Crippen LogP contribution >= 0.6 is 0 Å². The summed E-state index contributed by atoms with van der Waals surface area (Å²) in [5, 5.41) is 0. The van der Waals surface area contributed by atoms with Crippen molar-refractivity contribution >= 4 is 10.0 Å². The van der Waals surface area contributed by atoms with Gasteiger partial charge in [0.05, 0.1) is 11.0 Å². The number of hydrogen-bond donors (Lipinski definition) is 1. The van der Waals surface area contributed by atoms with E-state index in [4.69, 9.17) is 10.5 Å². The van der Waals surface area contributed by atoms with E-state index < -0.39 is 10.0 Å². The molecule has 0 spiro atoms. The average Bonchev–Trinajstić information content (AvgIpc) is 2.47. The number of sulfonamides is 1. The number of nitrogens with two attached hydrogens (primary N) is 1. The molecular formula is C15H24N2O3S. The van der Waals surface area contributed by atoms with E-state index in [0.29, 0.717) is 30.4 Å². The lowest BCUT2D eigenvalue weighted by Crippen LogP contribution is -2.46. The topological polar surface area (TPSA) is 72.6 Å². The van der Waals surface area contributed by atoms with E-state index in [1.165, 1.54) is 4.31 Å². The molecular weight excluding hydrogens is 288 g/mol. The molecule has 1 fully saturated rings. The lowest BCUT2D eigenvalue weighted by atomic mass is 9.97. The zero-order valence-corrected chi connectivity index (χ0v) is 13.7. The number of piperidine rings is 1. The minimum absolute atomic E-state index is 0.0436. The number of nitrogens with zero attached hydrogens (tertiary/aromatic N) is 1. The fraction of sp³-hybridized carbons (Fsp3) is 0.600. The van der Waals surface area contributed by atoms with Crippen molar-refractivity contribution in [3.05, 3.63) is 29.3 Å². The van der Waals surface area contributed by atoms with Gasteiger partial charge in [-0.3, -0.25) is 0 Å². The van der Waals surface area contributed by atoms with Crippen LogP contribution in [0.3, 0.4) is 0 Å². The highest BCUT2D eigenvalue weighted by atomic mass is 32.2. The highest BCUT2D eigenvalue weighted by Crippen LogP contribution is 2.26. The van der Waals surface area contributed by atoms with Crippen molar-refractivity contribution in [3.63, 3.8) is 0 Å². The van der Waals surface area contributed by atoms with Crippen LogP contribution in [0, 0.1) is 12.8 Å². The molecule has 2 N–H and O–H groups in total. The Labute approximate surface area is 127 Å². The van der Waals surface area contributed by atoms with Gasteiger partial charge in [-0.05, 0) is 42.5 Å². The lowest BCUT2D eigenvalue weighted by molar-refractivity contribution is 0.0184. The quantitative estimate of drug-likeness (QED) is 0.914. The van der Waals surface area contributed by atoms with Gasteiger partial charge in [-0.15, -0.1) is 0 Å². The molecule has 6 heteroatoms. The Morgan fingerprint density at radius 1 is 1.43 bits per heavy atom. The number of ether oxygens (including phenoxy) is 1. The first-order valence-corrected chi connectivity index (χ1v) is 8.66. The van der Waals surface area contributed by atoms with Crippen LogP contribution in [-0.4, -0.2) is 39.0 Å². The molecule has 0 radical (unpaired) electrons. The highest BCUT2D eigenvalue weighted by molar-refractivity contribution is 7.89. The summed E-state index contributed by atoms with van der Waals surface area (Å²) in [4.78, 5) is 0.335. The Hall–Kier alpha value is -0.950. The van der Waals surface area contributed by atoms with Gasteiger partial charge in [-0.1, -0.05) is 13.0 Å². The van der Waals surface area contributed by atoms with E-state index in [-0.39, 0.29) is 6.10 Å². The molecule has 0 aliphatic carbocycles. The van der Waals surface area contributed by atoms with E-state index in [9.17, 15) is 8.42 Å². The predicted molar refractivity (Wildman–Crippen MR) is 82.4 cm³/mol. The number of rotatable bonds is 4. The van der Waals surface area contributed by atoms with Crippen LogP contribution in [0.4, 0.5) is 0 Å². The number of aryl methyl sites for hydroxylation is 1. The predicted octanol–water partition coefficient (Wildman–Crippen LogP) is 1.50. The Kier molecular flexibility index (Phi) is 5.03. The summed E-state index contributed by atoms with van der Waals surface area (Å²) in [6.07, 6.45) is 0.773. The van der Waals surface area contributed by atoms with Crippen LogP contribution in [0.15, 0.2) is 23.1 Å². The number of benzene rings is 1. The van der Waals surface area contributed by atoms with Gasteiger partial charge in [0.15, 0.2) is 0 Å². The van der Waals surface area contributed by atoms with Crippen LogP contribution < -0.4 is 5.73 Å². The Bertz CT molecular complexity index is 601. The lowest BCUT2D eigenvalue weighted by Gasteiger charge is -2.35. The van der Waals surface area contributed by atoms with Crippen LogP contribution in [0.5, 0.6) is 0 Å². The second-order valence-electron chi connectivity index (χ2n) is 5.70. The van der Waals surface area contributed by atoms with E-state index in [1.54, 1.807) is 25.3 Å². The van der Waals surface area contributed by atoms with Crippen molar-refractivity contribution in [1.82, 2.24) is 4.31 Å². The van der Waals surface area contributed by atoms with Gasteiger partial charge in [0.2, 0.25) is 10.0 Å². The molecule has 2 unspecified atom stereocenters. The van der Waals surface area contributed by atoms with Crippen LogP contribution in [0.25, 0.3) is 0 Å². The molecule has 1 saturated heterocycles. The largest absolute Gasteiger partial charge is 0.380 e. The van der Waals surface area contributed by atoms with Gasteiger partial charge in [0.25, 0.3) is 0 Å². The SMILES string of the molecule is COC1CN(S(=O)(=O)c2ccc(CN)c(C)c2)CCC1C. The minimum Gasteiger partial charge on any atom is -0.380 e. The van der Waals surface area contributed by atoms with E-state index in [2.05, 4.69) is 6.92 Å². The molecule has 1 aromatic carbocycles. The van der Waals surface area contributed by atoms with E-state index in [0.717, 1.165) is 17.5 Å². The normalized spacial score (nSPS) is 24.2. The maximum atomic E-state index is 12.7. The molecule has 118 valence electrons. The fourth-order valence-electron chi connectivity index (χ4n) is 2.74. The van der Waals surface area contributed by atoms with Crippen LogP contribution in [0.1, 0.15) is 24.5 Å². The smallest absolute Gasteiger partial charge is 0.243 e. The molecule has 1 aliphatic heterocycles. The van der Waals surface area contributed by atoms with Crippen LogP contribution in [0.2, 0.25) is 0 Å². The van der Waals surface area contributed by atoms with Crippen molar-refractivity contribution < 1.29 is 13.2 Å². The minimum atomic E-state index is -3.46. The molecule has 0 aromatic heterocycles. The summed E-state index contributed by atoms with van der Waals surface area (Å²) in [6.45, 7) is 5.35. The molecule has 21 heavy (non-hydrogen) atoms. The van der Waals surface area contributed by atoms with Gasteiger partial charge >= 0.3 is 0 Å². The summed E-state index contributed by atoms with van der Waals surface area (Å²) in [7, 11) is -1.83. The standard InChI is InChI=1S/C15H24N2O3S/c1-11-6-7-17(10-15(11)20-3)21(18,19)14-5-4-13(9-16)12(2)8-14/h4-5,8,11,15H,6-7,9-10,16H2,1-3H3. The molecule has 5 nitrogen and oxygen atoms in total. The summed E-state index contributed by atoms with van der Waals surface area (Å²) < 4.78 is 32.4. The molecule has 2 atom stereocenters. The van der Waals surface area contributed by atoms with Crippen molar-refractivity contribution in [3.8, 4) is 0 Å². The van der Waals surface area contributed by atoms with Crippen molar-refractivity contribution in [2.45, 2.75) is 37.8 Å². The molecule has 0 bridgehead atoms. The second kappa shape index (κ2) is 6.44. The zero-order chi connectivity index (χ0) is 15.6. The molecule has 1 heterocycles. The summed E-state index contributed by atoms with van der Waals surface area (Å²) >= 11 is 0. The first-order chi connectivity index (χ1) is 9.90. The maximum absolute atomic E-state index is 12.7. The number of methoxy groups -OCH3 is 1. The summed E-state index contributed by atoms with van der Waals surface area (Å²) in [6, 6.07) is 5.14. The Morgan fingerprint density at radius 3 is 2.71 bits per heavy atom. The second-order valence-corrected chi connectivity index (χ2v) is 7.63. The summed E-state index contributed by atoms with van der Waals surface area (Å²) in [5.74, 6) is 0.378. The fourth-order valence-corrected chi connectivity index (χ4v) is 4.29. The molecule has 0 amide bonds. The first kappa shape index (κ1) is 16.4. The Balaban J connectivity index is 2.27. The van der Waals surface area contributed by atoms with Gasteiger partial charge in [0.1, 0.15) is 0 Å². The number of hydrogen-bond acceptors (Lipinski definition) is 4. The molecule has 0 saturated carbocycles. The van der Waals surface area contributed by atoms with Gasteiger partial charge in [0, 0.05) is 26.7 Å². The van der Waals surface area contributed by atoms with Gasteiger partial charge < -0.3 is 10.5 Å². The highest BCUT2D eigenvalue weighted by Gasteiger charge is 2.33. The third kappa shape index (κ3) is 3.29. The summed E-state index contributed by atoms with van der Waals surface area (Å²) in [5.41, 5.74) is 7.51. The average molecular weight is 312 g/mol. The third-order valence-corrected chi connectivity index (χ3v) is 6.19. The van der Waals surface area contributed by atoms with Gasteiger partial charge in [-0.25, -0.2) is 8.42 Å². The molecule has 1 aromatic rings. The molecule has 2 rings (SSSR count). The molecule has 1 aliphatic rings. The van der Waals surface area contributed by atoms with Crippen molar-refractivity contribution in [1.29, 1.82) is 0 Å². The third-order valence-electron chi connectivity index (χ3n) is 4.33. The van der Waals surface area contributed by atoms with Crippen LogP contribution in [-0.2, 0) is 21.3 Å². The zero-order valence-electron chi connectivity index (χ0n) is 12.9. The van der Waals surface area contributed by atoms with Crippen molar-refractivity contribution in [2.24, 2.45) is 11.7 Å². The van der Waals surface area contributed by atoms with E-state index in [1.807, 2.05) is 6.92 Å². The van der Waals surface area contributed by atoms with Gasteiger partial charge in [-0.2, -0.15) is 4.31 Å². The first-order valence-electron chi connectivity index (χ1n) is 7.22. The van der Waals surface area contributed by atoms with Crippen molar-refractivity contribution in [2.75, 3.05) is 20.2 Å². The maximum Gasteiger partial charge on any atom is 0.243 e. The van der Waals surface area contributed by atoms with E-state index >= 15 is 0 Å². The Morgan fingerprint density at radius 2 is 2.14 bits per heavy atom.